The molecule has 1 aromatic heterocycles. The summed E-state index contributed by atoms with van der Waals surface area (Å²) in [7, 11) is 0. The molecular weight excluding hydrogens is 357 g/mol. The molecule has 28 heavy (non-hydrogen) atoms. The fourth-order valence-electron chi connectivity index (χ4n) is 3.59. The second kappa shape index (κ2) is 7.38. The lowest BCUT2D eigenvalue weighted by Gasteiger charge is -2.13. The summed E-state index contributed by atoms with van der Waals surface area (Å²) in [6.45, 7) is 1.54. The molecule has 0 atom stereocenters. The van der Waals surface area contributed by atoms with Crippen molar-refractivity contribution in [3.8, 4) is 11.4 Å². The number of anilines is 1. The molecule has 5 nitrogen and oxygen atoms in total. The van der Waals surface area contributed by atoms with Crippen LogP contribution in [0.25, 0.3) is 11.4 Å². The van der Waals surface area contributed by atoms with Gasteiger partial charge in [-0.3, -0.25) is 14.2 Å². The number of aryl methyl sites for hydroxylation is 3. The Morgan fingerprint density at radius 1 is 1.11 bits per heavy atom. The number of amides is 1. The van der Waals surface area contributed by atoms with E-state index in [0.717, 1.165) is 24.9 Å². The van der Waals surface area contributed by atoms with Crippen LogP contribution in [-0.2, 0) is 24.2 Å². The third-order valence-electron chi connectivity index (χ3n) is 4.92. The first-order valence-electron chi connectivity index (χ1n) is 9.26. The van der Waals surface area contributed by atoms with Gasteiger partial charge in [0.2, 0.25) is 5.91 Å². The van der Waals surface area contributed by atoms with Gasteiger partial charge in [0.25, 0.3) is 5.56 Å². The zero-order valence-corrected chi connectivity index (χ0v) is 15.5. The summed E-state index contributed by atoms with van der Waals surface area (Å²) >= 11 is 0. The summed E-state index contributed by atoms with van der Waals surface area (Å²) in [5.74, 6) is -0.345. The normalized spacial score (nSPS) is 12.6. The highest BCUT2D eigenvalue weighted by Gasteiger charge is 2.15. The predicted octanol–water partition coefficient (Wildman–Crippen LogP) is 3.49. The number of hydrogen-bond donors (Lipinski definition) is 1. The summed E-state index contributed by atoms with van der Waals surface area (Å²) in [6, 6.07) is 13.0. The molecule has 1 aliphatic carbocycles. The largest absolute Gasteiger partial charge is 0.325 e. The minimum atomic E-state index is -0.375. The van der Waals surface area contributed by atoms with Crippen LogP contribution in [-0.4, -0.2) is 15.5 Å². The first kappa shape index (κ1) is 18.1. The van der Waals surface area contributed by atoms with Gasteiger partial charge in [-0.1, -0.05) is 6.07 Å². The molecule has 0 saturated heterocycles. The van der Waals surface area contributed by atoms with Gasteiger partial charge < -0.3 is 5.32 Å². The molecule has 3 aromatic rings. The first-order valence-corrected chi connectivity index (χ1v) is 9.26. The van der Waals surface area contributed by atoms with Gasteiger partial charge in [-0.25, -0.2) is 9.37 Å². The van der Waals surface area contributed by atoms with Crippen LogP contribution in [0.1, 0.15) is 23.2 Å². The quantitative estimate of drug-likeness (QED) is 0.757. The number of nitrogens with one attached hydrogen (secondary N) is 1. The van der Waals surface area contributed by atoms with Crippen LogP contribution in [0, 0.1) is 12.7 Å². The molecule has 1 aliphatic rings. The van der Waals surface area contributed by atoms with Crippen LogP contribution in [0.15, 0.2) is 53.3 Å². The third kappa shape index (κ3) is 3.71. The molecule has 0 radical (unpaired) electrons. The minimum absolute atomic E-state index is 0.171. The summed E-state index contributed by atoms with van der Waals surface area (Å²) in [5, 5.41) is 2.86. The van der Waals surface area contributed by atoms with Gasteiger partial charge in [-0.2, -0.15) is 0 Å². The summed E-state index contributed by atoms with van der Waals surface area (Å²) < 4.78 is 14.6. The Balaban J connectivity index is 1.61. The number of carbonyl (C=O) groups excluding carboxylic acids is 1. The average Bonchev–Trinajstić information content (AvgIpc) is 3.12. The lowest BCUT2D eigenvalue weighted by Crippen LogP contribution is -2.29. The summed E-state index contributed by atoms with van der Waals surface area (Å²) in [6.07, 6.45) is 3.24. The molecule has 0 aliphatic heterocycles. The van der Waals surface area contributed by atoms with Crippen molar-refractivity contribution in [2.24, 2.45) is 0 Å². The second-order valence-corrected chi connectivity index (χ2v) is 7.04. The Bertz CT molecular complexity index is 1100. The smallest absolute Gasteiger partial charge is 0.254 e. The van der Waals surface area contributed by atoms with Gasteiger partial charge in [0.05, 0.1) is 0 Å². The highest BCUT2D eigenvalue weighted by atomic mass is 19.1. The van der Waals surface area contributed by atoms with Crippen molar-refractivity contribution < 1.29 is 9.18 Å². The predicted molar refractivity (Wildman–Crippen MR) is 106 cm³/mol. The molecule has 0 spiro atoms. The SMILES string of the molecule is Cc1cc(=O)n(CC(=O)Nc2ccc3c(c2)CCC3)c(-c2ccc(F)cc2)n1. The van der Waals surface area contributed by atoms with Crippen molar-refractivity contribution in [1.29, 1.82) is 0 Å². The van der Waals surface area contributed by atoms with Gasteiger partial charge in [0, 0.05) is 23.0 Å². The number of rotatable bonds is 4. The van der Waals surface area contributed by atoms with E-state index in [1.165, 1.54) is 33.9 Å². The van der Waals surface area contributed by atoms with Crippen LogP contribution in [0.2, 0.25) is 0 Å². The maximum Gasteiger partial charge on any atom is 0.254 e. The monoisotopic (exact) mass is 377 g/mol. The highest BCUT2D eigenvalue weighted by Crippen LogP contribution is 2.25. The fourth-order valence-corrected chi connectivity index (χ4v) is 3.59. The van der Waals surface area contributed by atoms with E-state index in [1.54, 1.807) is 19.1 Å². The van der Waals surface area contributed by atoms with Crippen molar-refractivity contribution in [1.82, 2.24) is 9.55 Å². The molecule has 1 amide bonds. The van der Waals surface area contributed by atoms with Gasteiger partial charge in [0.15, 0.2) is 0 Å². The molecular formula is C22H20FN3O2. The standard InChI is InChI=1S/C22H20FN3O2/c1-14-11-21(28)26(22(24-14)16-5-8-18(23)9-6-16)13-20(27)25-19-10-7-15-3-2-4-17(15)12-19/h5-12H,2-4,13H2,1H3,(H,25,27). The summed E-state index contributed by atoms with van der Waals surface area (Å²) in [4.78, 5) is 29.5. The van der Waals surface area contributed by atoms with E-state index in [4.69, 9.17) is 0 Å². The molecule has 142 valence electrons. The van der Waals surface area contributed by atoms with Crippen molar-refractivity contribution in [3.63, 3.8) is 0 Å². The Morgan fingerprint density at radius 3 is 2.64 bits per heavy atom. The van der Waals surface area contributed by atoms with E-state index in [9.17, 15) is 14.0 Å². The van der Waals surface area contributed by atoms with Crippen LogP contribution >= 0.6 is 0 Å². The van der Waals surface area contributed by atoms with Crippen molar-refractivity contribution >= 4 is 11.6 Å². The van der Waals surface area contributed by atoms with Gasteiger partial charge >= 0.3 is 0 Å². The second-order valence-electron chi connectivity index (χ2n) is 7.04. The van der Waals surface area contributed by atoms with Crippen LogP contribution in [0.4, 0.5) is 10.1 Å². The van der Waals surface area contributed by atoms with Crippen molar-refractivity contribution in [3.05, 3.63) is 81.5 Å². The highest BCUT2D eigenvalue weighted by molar-refractivity contribution is 5.91. The average molecular weight is 377 g/mol. The maximum absolute atomic E-state index is 13.3. The number of aromatic nitrogens is 2. The van der Waals surface area contributed by atoms with Crippen LogP contribution in [0.3, 0.4) is 0 Å². The zero-order chi connectivity index (χ0) is 19.7. The minimum Gasteiger partial charge on any atom is -0.325 e. The number of benzene rings is 2. The first-order chi connectivity index (χ1) is 13.5. The molecule has 1 N–H and O–H groups in total. The zero-order valence-electron chi connectivity index (χ0n) is 15.5. The molecule has 0 saturated carbocycles. The number of fused-ring (bicyclic) bond motifs is 1. The number of carbonyl (C=O) groups is 1. The van der Waals surface area contributed by atoms with E-state index in [-0.39, 0.29) is 23.8 Å². The molecule has 0 fully saturated rings. The fraction of sp³-hybridized carbons (Fsp3) is 0.227. The maximum atomic E-state index is 13.3. The Kier molecular flexibility index (Phi) is 4.77. The van der Waals surface area contributed by atoms with E-state index < -0.39 is 0 Å². The Hall–Kier alpha value is -3.28. The van der Waals surface area contributed by atoms with Gasteiger partial charge in [-0.15, -0.1) is 0 Å². The Morgan fingerprint density at radius 2 is 1.86 bits per heavy atom. The van der Waals surface area contributed by atoms with Crippen molar-refractivity contribution in [2.45, 2.75) is 32.7 Å². The molecule has 6 heteroatoms. The number of halogens is 1. The lowest BCUT2D eigenvalue weighted by atomic mass is 10.1. The molecule has 2 aromatic carbocycles. The topological polar surface area (TPSA) is 64.0 Å². The molecule has 4 rings (SSSR count). The summed E-state index contributed by atoms with van der Waals surface area (Å²) in [5.41, 5.74) is 4.11. The van der Waals surface area contributed by atoms with Crippen molar-refractivity contribution in [2.75, 3.05) is 5.32 Å². The van der Waals surface area contributed by atoms with E-state index in [1.807, 2.05) is 18.2 Å². The number of hydrogen-bond acceptors (Lipinski definition) is 3. The Labute approximate surface area is 161 Å². The van der Waals surface area contributed by atoms with E-state index >= 15 is 0 Å². The molecule has 0 bridgehead atoms. The molecule has 1 heterocycles. The molecule has 0 unspecified atom stereocenters. The van der Waals surface area contributed by atoms with Crippen LogP contribution in [0.5, 0.6) is 0 Å². The van der Waals surface area contributed by atoms with Crippen LogP contribution < -0.4 is 10.9 Å². The van der Waals surface area contributed by atoms with E-state index in [0.29, 0.717) is 17.1 Å². The third-order valence-corrected chi connectivity index (χ3v) is 4.92. The lowest BCUT2D eigenvalue weighted by molar-refractivity contribution is -0.116. The van der Waals surface area contributed by atoms with Gasteiger partial charge in [0.1, 0.15) is 18.2 Å². The number of nitrogens with zero attached hydrogens (tertiary/aromatic N) is 2. The van der Waals surface area contributed by atoms with E-state index in [2.05, 4.69) is 10.3 Å². The van der Waals surface area contributed by atoms with Gasteiger partial charge in [-0.05, 0) is 73.7 Å².